The van der Waals surface area contributed by atoms with E-state index in [1.165, 1.54) is 13.3 Å². The average molecular weight is 385 g/mol. The first kappa shape index (κ1) is 19.3. The van der Waals surface area contributed by atoms with Gasteiger partial charge in [-0.15, -0.1) is 0 Å². The van der Waals surface area contributed by atoms with E-state index < -0.39 is 29.6 Å². The Morgan fingerprint density at radius 2 is 1.79 bits per heavy atom. The Kier molecular flexibility index (Phi) is 5.88. The smallest absolute Gasteiger partial charge is 0.328 e. The van der Waals surface area contributed by atoms with Gasteiger partial charge in [0.15, 0.2) is 0 Å². The number of aromatic nitrogens is 2. The van der Waals surface area contributed by atoms with E-state index in [0.717, 1.165) is 18.2 Å². The standard InChI is InChI=1S/C20H17F2N3O3/c1-28-20(27)18(10-15-11-23-16-4-2-3-5-17(16)24-15)25-19(26)8-12-6-13(21)9-14(22)7-12/h2-7,9,11,18H,8,10H2,1H3,(H,25,26)/t18-/m1/s1. The predicted molar refractivity (Wildman–Crippen MR) is 97.3 cm³/mol. The number of hydrogen-bond donors (Lipinski definition) is 1. The molecule has 0 spiro atoms. The second kappa shape index (κ2) is 8.51. The first-order valence-corrected chi connectivity index (χ1v) is 8.47. The summed E-state index contributed by atoms with van der Waals surface area (Å²) < 4.78 is 31.3. The van der Waals surface area contributed by atoms with Crippen LogP contribution in [0, 0.1) is 11.6 Å². The second-order valence-corrected chi connectivity index (χ2v) is 6.15. The fraction of sp³-hybridized carbons (Fsp3) is 0.200. The molecule has 0 saturated carbocycles. The number of fused-ring (bicyclic) bond motifs is 1. The molecule has 3 rings (SSSR count). The van der Waals surface area contributed by atoms with Crippen LogP contribution in [0.15, 0.2) is 48.7 Å². The number of esters is 1. The molecule has 0 radical (unpaired) electrons. The van der Waals surface area contributed by atoms with Gasteiger partial charge in [-0.2, -0.15) is 0 Å². The molecule has 0 saturated heterocycles. The number of hydrogen-bond acceptors (Lipinski definition) is 5. The Morgan fingerprint density at radius 1 is 1.11 bits per heavy atom. The topological polar surface area (TPSA) is 81.2 Å². The maximum atomic E-state index is 13.3. The highest BCUT2D eigenvalue weighted by atomic mass is 19.1. The molecule has 3 aromatic rings. The normalized spacial score (nSPS) is 11.8. The number of para-hydroxylation sites is 2. The molecule has 1 aromatic heterocycles. The quantitative estimate of drug-likeness (QED) is 0.659. The summed E-state index contributed by atoms with van der Waals surface area (Å²) in [6, 6.07) is 9.08. The zero-order valence-corrected chi connectivity index (χ0v) is 15.0. The fourth-order valence-electron chi connectivity index (χ4n) is 2.78. The van der Waals surface area contributed by atoms with Crippen LogP contribution in [0.1, 0.15) is 11.3 Å². The van der Waals surface area contributed by atoms with Gasteiger partial charge in [-0.25, -0.2) is 18.6 Å². The molecule has 0 fully saturated rings. The summed E-state index contributed by atoms with van der Waals surface area (Å²) in [6.45, 7) is 0. The molecule has 1 N–H and O–H groups in total. The monoisotopic (exact) mass is 385 g/mol. The number of carbonyl (C=O) groups is 2. The zero-order chi connectivity index (χ0) is 20.1. The Balaban J connectivity index is 1.73. The van der Waals surface area contributed by atoms with Crippen LogP contribution >= 0.6 is 0 Å². The SMILES string of the molecule is COC(=O)[C@@H](Cc1cnc2ccccc2n1)NC(=O)Cc1cc(F)cc(F)c1. The van der Waals surface area contributed by atoms with Crippen LogP contribution in [0.5, 0.6) is 0 Å². The molecule has 0 bridgehead atoms. The van der Waals surface area contributed by atoms with Crippen molar-refractivity contribution in [3.05, 3.63) is 71.6 Å². The third-order valence-corrected chi connectivity index (χ3v) is 4.02. The van der Waals surface area contributed by atoms with Crippen LogP contribution in [-0.4, -0.2) is 35.0 Å². The first-order chi connectivity index (χ1) is 13.4. The molecule has 28 heavy (non-hydrogen) atoms. The summed E-state index contributed by atoms with van der Waals surface area (Å²) in [5.74, 6) is -2.79. The maximum Gasteiger partial charge on any atom is 0.328 e. The summed E-state index contributed by atoms with van der Waals surface area (Å²) in [4.78, 5) is 33.0. The fourth-order valence-corrected chi connectivity index (χ4v) is 2.78. The largest absolute Gasteiger partial charge is 0.467 e. The van der Waals surface area contributed by atoms with Gasteiger partial charge in [0.25, 0.3) is 0 Å². The van der Waals surface area contributed by atoms with E-state index in [9.17, 15) is 18.4 Å². The lowest BCUT2D eigenvalue weighted by Crippen LogP contribution is -2.43. The second-order valence-electron chi connectivity index (χ2n) is 6.15. The van der Waals surface area contributed by atoms with Gasteiger partial charge in [-0.05, 0) is 29.8 Å². The van der Waals surface area contributed by atoms with Gasteiger partial charge in [-0.1, -0.05) is 12.1 Å². The van der Waals surface area contributed by atoms with Crippen molar-refractivity contribution >= 4 is 22.9 Å². The highest BCUT2D eigenvalue weighted by Crippen LogP contribution is 2.11. The molecular formula is C20H17F2N3O3. The molecule has 8 heteroatoms. The van der Waals surface area contributed by atoms with Crippen LogP contribution < -0.4 is 5.32 Å². The lowest BCUT2D eigenvalue weighted by Gasteiger charge is -2.16. The van der Waals surface area contributed by atoms with E-state index in [-0.39, 0.29) is 18.4 Å². The average Bonchev–Trinajstić information content (AvgIpc) is 2.65. The van der Waals surface area contributed by atoms with E-state index >= 15 is 0 Å². The number of carbonyl (C=O) groups excluding carboxylic acids is 2. The van der Waals surface area contributed by atoms with Crippen molar-refractivity contribution in [3.63, 3.8) is 0 Å². The minimum atomic E-state index is -1.01. The van der Waals surface area contributed by atoms with Crippen molar-refractivity contribution in [3.8, 4) is 0 Å². The molecule has 1 atom stereocenters. The van der Waals surface area contributed by atoms with Gasteiger partial charge in [0.1, 0.15) is 17.7 Å². The van der Waals surface area contributed by atoms with Crippen molar-refractivity contribution in [1.82, 2.24) is 15.3 Å². The highest BCUT2D eigenvalue weighted by Gasteiger charge is 2.23. The van der Waals surface area contributed by atoms with Crippen LogP contribution in [0.25, 0.3) is 11.0 Å². The lowest BCUT2D eigenvalue weighted by molar-refractivity contribution is -0.145. The molecule has 6 nitrogen and oxygen atoms in total. The van der Waals surface area contributed by atoms with Gasteiger partial charge in [0, 0.05) is 18.7 Å². The number of nitrogens with one attached hydrogen (secondary N) is 1. The highest BCUT2D eigenvalue weighted by molar-refractivity contribution is 5.85. The number of nitrogens with zero attached hydrogens (tertiary/aromatic N) is 2. The number of ether oxygens (including phenoxy) is 1. The molecular weight excluding hydrogens is 368 g/mol. The zero-order valence-electron chi connectivity index (χ0n) is 15.0. The molecule has 0 aliphatic carbocycles. The van der Waals surface area contributed by atoms with Crippen molar-refractivity contribution in [2.75, 3.05) is 7.11 Å². The number of methoxy groups -OCH3 is 1. The number of benzene rings is 2. The lowest BCUT2D eigenvalue weighted by atomic mass is 10.1. The van der Waals surface area contributed by atoms with E-state index in [4.69, 9.17) is 4.74 Å². The van der Waals surface area contributed by atoms with Gasteiger partial charge in [0.05, 0.1) is 30.3 Å². The van der Waals surface area contributed by atoms with Gasteiger partial charge < -0.3 is 10.1 Å². The Bertz CT molecular complexity index is 1010. The molecule has 0 unspecified atom stereocenters. The van der Waals surface area contributed by atoms with E-state index in [2.05, 4.69) is 15.3 Å². The minimum Gasteiger partial charge on any atom is -0.467 e. The van der Waals surface area contributed by atoms with Gasteiger partial charge in [-0.3, -0.25) is 9.78 Å². The molecule has 1 amide bonds. The summed E-state index contributed by atoms with van der Waals surface area (Å²) in [5, 5.41) is 2.53. The van der Waals surface area contributed by atoms with Crippen molar-refractivity contribution in [2.45, 2.75) is 18.9 Å². The predicted octanol–water partition coefficient (Wildman–Crippen LogP) is 2.35. The summed E-state index contributed by atoms with van der Waals surface area (Å²) >= 11 is 0. The number of amides is 1. The van der Waals surface area contributed by atoms with Crippen molar-refractivity contribution in [2.24, 2.45) is 0 Å². The number of rotatable bonds is 6. The van der Waals surface area contributed by atoms with Crippen LogP contribution in [-0.2, 0) is 27.2 Å². The Hall–Kier alpha value is -3.42. The third-order valence-electron chi connectivity index (χ3n) is 4.02. The van der Waals surface area contributed by atoms with Crippen molar-refractivity contribution < 1.29 is 23.1 Å². The Labute approximate surface area is 159 Å². The van der Waals surface area contributed by atoms with E-state index in [0.29, 0.717) is 16.7 Å². The molecule has 0 aliphatic rings. The molecule has 0 aliphatic heterocycles. The van der Waals surface area contributed by atoms with Gasteiger partial charge in [0.2, 0.25) is 5.91 Å². The van der Waals surface area contributed by atoms with Crippen LogP contribution in [0.3, 0.4) is 0 Å². The van der Waals surface area contributed by atoms with Crippen molar-refractivity contribution in [1.29, 1.82) is 0 Å². The first-order valence-electron chi connectivity index (χ1n) is 8.47. The van der Waals surface area contributed by atoms with E-state index in [1.807, 2.05) is 18.2 Å². The molecule has 144 valence electrons. The third kappa shape index (κ3) is 4.85. The number of halogens is 2. The van der Waals surface area contributed by atoms with E-state index in [1.54, 1.807) is 6.07 Å². The van der Waals surface area contributed by atoms with Gasteiger partial charge >= 0.3 is 5.97 Å². The van der Waals surface area contributed by atoms with Crippen LogP contribution in [0.4, 0.5) is 8.78 Å². The summed E-state index contributed by atoms with van der Waals surface area (Å²) in [7, 11) is 1.20. The minimum absolute atomic E-state index is 0.0633. The summed E-state index contributed by atoms with van der Waals surface area (Å²) in [6.07, 6.45) is 1.30. The molecule has 1 heterocycles. The molecule has 2 aromatic carbocycles. The summed E-state index contributed by atoms with van der Waals surface area (Å²) in [5.41, 5.74) is 2.01. The Morgan fingerprint density at radius 3 is 2.46 bits per heavy atom. The van der Waals surface area contributed by atoms with Crippen LogP contribution in [0.2, 0.25) is 0 Å². The maximum absolute atomic E-state index is 13.3.